The number of aliphatic carboxylic acids is 1. The number of halogens is 13. The lowest BCUT2D eigenvalue weighted by Crippen LogP contribution is -2.71. The number of hydrogen-bond acceptors (Lipinski definition) is 4. The van der Waals surface area contributed by atoms with Crippen LogP contribution in [0.2, 0.25) is 0 Å². The van der Waals surface area contributed by atoms with Crippen LogP contribution >= 0.6 is 0 Å². The van der Waals surface area contributed by atoms with Crippen LogP contribution in [0.3, 0.4) is 0 Å². The molecule has 0 fully saturated rings. The van der Waals surface area contributed by atoms with Crippen molar-refractivity contribution < 1.29 is 81.2 Å². The molecule has 20 heteroatoms. The van der Waals surface area contributed by atoms with Crippen molar-refractivity contribution >= 4 is 12.0 Å². The molecule has 0 aliphatic carbocycles. The van der Waals surface area contributed by atoms with Gasteiger partial charge in [0.15, 0.2) is 6.10 Å². The first-order chi connectivity index (χ1) is 19.9. The first kappa shape index (κ1) is 38.8. The monoisotopic (exact) mass is 670 g/mol. The largest absolute Gasteiger partial charge is 0.492 e. The van der Waals surface area contributed by atoms with Gasteiger partial charge in [-0.1, -0.05) is 19.1 Å². The van der Waals surface area contributed by atoms with Crippen molar-refractivity contribution in [2.75, 3.05) is 32.8 Å². The quantitative estimate of drug-likeness (QED) is 0.191. The van der Waals surface area contributed by atoms with Gasteiger partial charge in [0.2, 0.25) is 0 Å². The predicted molar refractivity (Wildman–Crippen MR) is 125 cm³/mol. The van der Waals surface area contributed by atoms with Gasteiger partial charge in [0.25, 0.3) is 0 Å². The van der Waals surface area contributed by atoms with E-state index in [1.165, 1.54) is 31.2 Å². The third-order valence-electron chi connectivity index (χ3n) is 5.82. The van der Waals surface area contributed by atoms with E-state index in [4.69, 9.17) is 14.6 Å². The molecule has 0 bridgehead atoms. The Hall–Kier alpha value is -3.19. The number of amides is 2. The maximum atomic E-state index is 14.5. The average Bonchev–Trinajstić information content (AvgIpc) is 2.90. The standard InChI is InChI=1S/C24H27F13N2O5/c1-3-9-38-18(42)39(10-11-44-15-7-5-14(6-8-15)12-16(17(40)41)43-4-2)13-19(25,26)20(27,28)21(29,30)22(31,32)23(33,34)24(35,36)37/h5-8,16H,3-4,9-13H2,1-2H3,(H,38,42)(H,40,41). The Morgan fingerprint density at radius 3 is 1.82 bits per heavy atom. The lowest BCUT2D eigenvalue weighted by molar-refractivity contribution is -0.439. The van der Waals surface area contributed by atoms with Crippen molar-refractivity contribution in [1.29, 1.82) is 0 Å². The zero-order valence-electron chi connectivity index (χ0n) is 22.8. The van der Waals surface area contributed by atoms with Crippen LogP contribution in [0.5, 0.6) is 5.75 Å². The highest BCUT2D eigenvalue weighted by Gasteiger charge is 2.90. The number of nitrogens with zero attached hydrogens (tertiary/aromatic N) is 1. The molecule has 7 nitrogen and oxygen atoms in total. The molecule has 0 spiro atoms. The van der Waals surface area contributed by atoms with Gasteiger partial charge in [0.05, 0.1) is 13.1 Å². The molecule has 1 unspecified atom stereocenters. The third-order valence-corrected chi connectivity index (χ3v) is 5.82. The summed E-state index contributed by atoms with van der Waals surface area (Å²) < 4.78 is 185. The number of ether oxygens (including phenoxy) is 2. The summed E-state index contributed by atoms with van der Waals surface area (Å²) in [6.45, 7) is -2.02. The second kappa shape index (κ2) is 14.3. The van der Waals surface area contributed by atoms with E-state index in [-0.39, 0.29) is 36.6 Å². The van der Waals surface area contributed by atoms with Crippen molar-refractivity contribution in [3.8, 4) is 5.75 Å². The minimum atomic E-state index is -8.05. The Balaban J connectivity index is 3.17. The lowest BCUT2D eigenvalue weighted by atomic mass is 9.93. The maximum Gasteiger partial charge on any atom is 0.460 e. The molecule has 1 aromatic carbocycles. The molecular weight excluding hydrogens is 643 g/mol. The second-order valence-corrected chi connectivity index (χ2v) is 9.13. The fourth-order valence-corrected chi connectivity index (χ4v) is 3.37. The van der Waals surface area contributed by atoms with Gasteiger partial charge in [-0.3, -0.25) is 0 Å². The summed E-state index contributed by atoms with van der Waals surface area (Å²) >= 11 is 0. The first-order valence-corrected chi connectivity index (χ1v) is 12.5. The fourth-order valence-electron chi connectivity index (χ4n) is 3.37. The summed E-state index contributed by atoms with van der Waals surface area (Å²) in [5.41, 5.74) is 0.425. The molecule has 0 aliphatic rings. The molecule has 1 rings (SSSR count). The van der Waals surface area contributed by atoms with E-state index < -0.39 is 73.6 Å². The smallest absolute Gasteiger partial charge is 0.460 e. The first-order valence-electron chi connectivity index (χ1n) is 12.5. The number of carboxylic acids is 1. The van der Waals surface area contributed by atoms with Crippen molar-refractivity contribution in [3.63, 3.8) is 0 Å². The van der Waals surface area contributed by atoms with E-state index in [9.17, 15) is 66.7 Å². The van der Waals surface area contributed by atoms with Crippen LogP contribution in [-0.2, 0) is 16.0 Å². The minimum absolute atomic E-state index is 0.0661. The molecule has 1 atom stereocenters. The zero-order chi connectivity index (χ0) is 34.4. The molecule has 1 aromatic rings. The van der Waals surface area contributed by atoms with E-state index in [1.54, 1.807) is 6.92 Å². The molecule has 0 aromatic heterocycles. The zero-order valence-corrected chi connectivity index (χ0v) is 22.8. The Morgan fingerprint density at radius 1 is 0.841 bits per heavy atom. The molecule has 2 amide bonds. The number of alkyl halides is 13. The van der Waals surface area contributed by atoms with E-state index >= 15 is 0 Å². The third kappa shape index (κ3) is 8.29. The summed E-state index contributed by atoms with van der Waals surface area (Å²) in [5, 5.41) is 11.0. The predicted octanol–water partition coefficient (Wildman–Crippen LogP) is 6.26. The van der Waals surface area contributed by atoms with E-state index in [2.05, 4.69) is 0 Å². The van der Waals surface area contributed by atoms with Crippen LogP contribution < -0.4 is 10.1 Å². The molecule has 254 valence electrons. The highest BCUT2D eigenvalue weighted by Crippen LogP contribution is 2.60. The number of benzene rings is 1. The van der Waals surface area contributed by atoms with Crippen LogP contribution in [0.25, 0.3) is 0 Å². The molecular formula is C24H27F13N2O5. The van der Waals surface area contributed by atoms with Crippen molar-refractivity contribution in [3.05, 3.63) is 29.8 Å². The summed E-state index contributed by atoms with van der Waals surface area (Å²) in [6.07, 6.45) is -8.70. The lowest BCUT2D eigenvalue weighted by Gasteiger charge is -2.40. The number of hydrogen-bond donors (Lipinski definition) is 2. The number of rotatable bonds is 17. The fraction of sp³-hybridized carbons (Fsp3) is 0.667. The molecule has 0 radical (unpaired) electrons. The van der Waals surface area contributed by atoms with Crippen LogP contribution in [0.4, 0.5) is 61.9 Å². The van der Waals surface area contributed by atoms with Crippen molar-refractivity contribution in [2.45, 2.75) is 68.6 Å². The molecule has 0 saturated heterocycles. The van der Waals surface area contributed by atoms with E-state index in [1.807, 2.05) is 5.32 Å². The van der Waals surface area contributed by atoms with Crippen LogP contribution in [0.1, 0.15) is 25.8 Å². The Labute approximate surface area is 241 Å². The van der Waals surface area contributed by atoms with Gasteiger partial charge in [-0.05, 0) is 31.0 Å². The van der Waals surface area contributed by atoms with Gasteiger partial charge in [-0.25, -0.2) is 9.59 Å². The number of carbonyl (C=O) groups excluding carboxylic acids is 1. The van der Waals surface area contributed by atoms with E-state index in [0.717, 1.165) is 0 Å². The highest BCUT2D eigenvalue weighted by atomic mass is 19.4. The summed E-state index contributed by atoms with van der Waals surface area (Å²) in [4.78, 5) is 23.1. The number of carboxylic acid groups (broad SMARTS) is 1. The van der Waals surface area contributed by atoms with Gasteiger partial charge in [-0.15, -0.1) is 0 Å². The summed E-state index contributed by atoms with van der Waals surface area (Å²) in [6, 6.07) is 3.52. The topological polar surface area (TPSA) is 88.1 Å². The Morgan fingerprint density at radius 2 is 1.36 bits per heavy atom. The number of carbonyl (C=O) groups is 2. The highest BCUT2D eigenvalue weighted by molar-refractivity contribution is 5.74. The Kier molecular flexibility index (Phi) is 12.6. The molecule has 0 heterocycles. The van der Waals surface area contributed by atoms with Gasteiger partial charge in [0, 0.05) is 19.6 Å². The molecule has 0 aliphatic heterocycles. The van der Waals surface area contributed by atoms with Gasteiger partial charge >= 0.3 is 47.8 Å². The Bertz CT molecular complexity index is 1100. The van der Waals surface area contributed by atoms with Gasteiger partial charge in [0.1, 0.15) is 12.4 Å². The minimum Gasteiger partial charge on any atom is -0.492 e. The van der Waals surface area contributed by atoms with Crippen molar-refractivity contribution in [1.82, 2.24) is 10.2 Å². The normalized spacial score (nSPS) is 14.2. The van der Waals surface area contributed by atoms with Crippen LogP contribution in [-0.4, -0.2) is 96.7 Å². The summed E-state index contributed by atoms with van der Waals surface area (Å²) in [7, 11) is 0. The van der Waals surface area contributed by atoms with Crippen molar-refractivity contribution in [2.24, 2.45) is 0 Å². The second-order valence-electron chi connectivity index (χ2n) is 9.13. The van der Waals surface area contributed by atoms with E-state index in [0.29, 0.717) is 5.56 Å². The molecule has 0 saturated carbocycles. The van der Waals surface area contributed by atoms with Crippen LogP contribution in [0.15, 0.2) is 24.3 Å². The summed E-state index contributed by atoms with van der Waals surface area (Å²) in [5.74, 6) is -39.3. The maximum absolute atomic E-state index is 14.5. The molecule has 44 heavy (non-hydrogen) atoms. The van der Waals surface area contributed by atoms with Crippen LogP contribution in [0, 0.1) is 0 Å². The van der Waals surface area contributed by atoms with Gasteiger partial charge < -0.3 is 24.8 Å². The SMILES string of the molecule is CCCNC(=O)N(CCOc1ccc(CC(OCC)C(=O)O)cc1)CC(F)(F)C(F)(F)C(F)(F)C(F)(F)C(F)(F)C(F)(F)F. The molecule has 2 N–H and O–H groups in total. The number of urea groups is 1. The number of nitrogens with one attached hydrogen (secondary N) is 1. The van der Waals surface area contributed by atoms with Gasteiger partial charge in [-0.2, -0.15) is 57.1 Å². The average molecular weight is 670 g/mol.